The van der Waals surface area contributed by atoms with Crippen LogP contribution in [0.1, 0.15) is 23.7 Å². The zero-order chi connectivity index (χ0) is 25.4. The van der Waals surface area contributed by atoms with Gasteiger partial charge in [0.1, 0.15) is 11.4 Å². The minimum Gasteiger partial charge on any atom is -0.378 e. The standard InChI is InChI=1S/C21H18F4N4O2/c1-21(2,31)9-7-13-18(25)15(8-10-26-13)29(11-16(23)24)19-17-12(22)5-4-6-14(17)28(3)20(30)27-19/h4-6,8,10,16,31H,11H2,1-3H3/i3D3. The van der Waals surface area contributed by atoms with E-state index in [0.29, 0.717) is 4.90 Å². The monoisotopic (exact) mass is 437 g/mol. The molecule has 10 heteroatoms. The molecule has 1 aromatic carbocycles. The second-order valence-electron chi connectivity index (χ2n) is 6.99. The van der Waals surface area contributed by atoms with Crippen LogP contribution in [-0.4, -0.2) is 38.2 Å². The van der Waals surface area contributed by atoms with Gasteiger partial charge in [0.2, 0.25) is 0 Å². The molecule has 6 nitrogen and oxygen atoms in total. The summed E-state index contributed by atoms with van der Waals surface area (Å²) < 4.78 is 80.2. The van der Waals surface area contributed by atoms with Crippen LogP contribution in [0, 0.1) is 23.5 Å². The molecule has 3 aromatic rings. The number of benzene rings is 1. The molecule has 0 unspecified atom stereocenters. The van der Waals surface area contributed by atoms with Crippen molar-refractivity contribution in [2.75, 3.05) is 11.4 Å². The molecular weight excluding hydrogens is 416 g/mol. The third-order valence-corrected chi connectivity index (χ3v) is 4.07. The van der Waals surface area contributed by atoms with E-state index >= 15 is 4.39 Å². The van der Waals surface area contributed by atoms with Crippen LogP contribution in [-0.2, 0) is 6.98 Å². The van der Waals surface area contributed by atoms with Crippen molar-refractivity contribution < 1.29 is 26.8 Å². The van der Waals surface area contributed by atoms with Crippen LogP contribution >= 0.6 is 0 Å². The lowest BCUT2D eigenvalue weighted by Gasteiger charge is -2.25. The number of fused-ring (bicyclic) bond motifs is 1. The maximum Gasteiger partial charge on any atom is 0.349 e. The average Bonchev–Trinajstić information content (AvgIpc) is 2.69. The fourth-order valence-electron chi connectivity index (χ4n) is 2.79. The van der Waals surface area contributed by atoms with Crippen molar-refractivity contribution in [2.24, 2.45) is 6.98 Å². The number of anilines is 2. The van der Waals surface area contributed by atoms with Crippen molar-refractivity contribution in [3.05, 3.63) is 58.3 Å². The van der Waals surface area contributed by atoms with Crippen LogP contribution in [0.5, 0.6) is 0 Å². The predicted octanol–water partition coefficient (Wildman–Crippen LogP) is 3.13. The van der Waals surface area contributed by atoms with Gasteiger partial charge in [-0.25, -0.2) is 27.3 Å². The fraction of sp³-hybridized carbons (Fsp3) is 0.286. The zero-order valence-corrected chi connectivity index (χ0v) is 16.3. The average molecular weight is 437 g/mol. The maximum atomic E-state index is 15.3. The van der Waals surface area contributed by atoms with Gasteiger partial charge >= 0.3 is 5.69 Å². The van der Waals surface area contributed by atoms with E-state index in [1.165, 1.54) is 13.8 Å². The van der Waals surface area contributed by atoms with Gasteiger partial charge in [0.05, 0.1) is 23.1 Å². The van der Waals surface area contributed by atoms with Gasteiger partial charge in [-0.2, -0.15) is 4.98 Å². The number of hydrogen-bond acceptors (Lipinski definition) is 5. The Bertz CT molecular complexity index is 1360. The molecule has 0 amide bonds. The maximum absolute atomic E-state index is 15.3. The lowest BCUT2D eigenvalue weighted by Crippen LogP contribution is -2.30. The third-order valence-electron chi connectivity index (χ3n) is 4.07. The van der Waals surface area contributed by atoms with Crippen molar-refractivity contribution in [2.45, 2.75) is 25.9 Å². The normalized spacial score (nSPS) is 13.4. The van der Waals surface area contributed by atoms with Gasteiger partial charge in [-0.15, -0.1) is 0 Å². The Kier molecular flexibility index (Phi) is 4.94. The molecule has 3 rings (SSSR count). The van der Waals surface area contributed by atoms with Gasteiger partial charge in [-0.3, -0.25) is 4.57 Å². The Balaban J connectivity index is 2.37. The van der Waals surface area contributed by atoms with E-state index in [1.54, 1.807) is 0 Å². The van der Waals surface area contributed by atoms with E-state index < -0.39 is 71.0 Å². The lowest BCUT2D eigenvalue weighted by molar-refractivity contribution is 0.143. The molecule has 0 radical (unpaired) electrons. The van der Waals surface area contributed by atoms with E-state index in [4.69, 9.17) is 4.11 Å². The Morgan fingerprint density at radius 2 is 2.06 bits per heavy atom. The number of aromatic nitrogens is 3. The van der Waals surface area contributed by atoms with E-state index in [1.807, 2.05) is 0 Å². The SMILES string of the molecule is [2H]C([2H])([2H])n1c(=O)nc(N(CC(F)F)c2ccnc(C#CC(C)(C)O)c2F)c2c(F)cccc21. The molecule has 0 fully saturated rings. The summed E-state index contributed by atoms with van der Waals surface area (Å²) in [6, 6.07) is 4.17. The number of alkyl halides is 2. The van der Waals surface area contributed by atoms with Crippen LogP contribution in [0.2, 0.25) is 0 Å². The highest BCUT2D eigenvalue weighted by Crippen LogP contribution is 2.33. The molecule has 0 aliphatic carbocycles. The van der Waals surface area contributed by atoms with Gasteiger partial charge in [0.15, 0.2) is 17.3 Å². The lowest BCUT2D eigenvalue weighted by atomic mass is 10.1. The number of halogens is 4. The Morgan fingerprint density at radius 1 is 1.32 bits per heavy atom. The van der Waals surface area contributed by atoms with E-state index in [0.717, 1.165) is 30.5 Å². The molecular formula is C21H18F4N4O2. The predicted molar refractivity (Wildman–Crippen MR) is 107 cm³/mol. The summed E-state index contributed by atoms with van der Waals surface area (Å²) in [6.07, 6.45) is -2.04. The highest BCUT2D eigenvalue weighted by molar-refractivity contribution is 5.92. The first kappa shape index (κ1) is 18.3. The first-order valence-corrected chi connectivity index (χ1v) is 8.88. The van der Waals surface area contributed by atoms with Gasteiger partial charge in [-0.1, -0.05) is 12.0 Å². The molecule has 0 aliphatic heterocycles. The number of nitrogens with zero attached hydrogens (tertiary/aromatic N) is 4. The Labute approximate surface area is 179 Å². The molecule has 0 saturated heterocycles. The molecule has 0 saturated carbocycles. The van der Waals surface area contributed by atoms with Gasteiger partial charge in [0.25, 0.3) is 6.43 Å². The second-order valence-corrected chi connectivity index (χ2v) is 6.99. The number of aliphatic hydroxyl groups is 1. The topological polar surface area (TPSA) is 71.2 Å². The summed E-state index contributed by atoms with van der Waals surface area (Å²) in [7, 11) is 0. The van der Waals surface area contributed by atoms with E-state index in [-0.39, 0.29) is 4.57 Å². The fourth-order valence-corrected chi connectivity index (χ4v) is 2.79. The molecule has 0 bridgehead atoms. The van der Waals surface area contributed by atoms with Gasteiger partial charge in [0, 0.05) is 17.3 Å². The van der Waals surface area contributed by atoms with Gasteiger partial charge < -0.3 is 10.0 Å². The molecule has 2 aromatic heterocycles. The molecule has 0 atom stereocenters. The van der Waals surface area contributed by atoms with Crippen LogP contribution in [0.4, 0.5) is 29.1 Å². The summed E-state index contributed by atoms with van der Waals surface area (Å²) in [5, 5.41) is 9.18. The van der Waals surface area contributed by atoms with Crippen molar-refractivity contribution in [1.29, 1.82) is 0 Å². The Hall–Kier alpha value is -3.45. The molecule has 0 spiro atoms. The number of aryl methyl sites for hydroxylation is 1. The molecule has 2 heterocycles. The second kappa shape index (κ2) is 8.35. The summed E-state index contributed by atoms with van der Waals surface area (Å²) in [5.74, 6) is 1.70. The van der Waals surface area contributed by atoms with E-state index in [2.05, 4.69) is 21.8 Å². The quantitative estimate of drug-likeness (QED) is 0.502. The van der Waals surface area contributed by atoms with Gasteiger partial charge in [-0.05, 0) is 38.0 Å². The van der Waals surface area contributed by atoms with Crippen LogP contribution in [0.15, 0.2) is 35.3 Å². The smallest absolute Gasteiger partial charge is 0.349 e. The molecule has 31 heavy (non-hydrogen) atoms. The molecule has 0 aliphatic rings. The summed E-state index contributed by atoms with van der Waals surface area (Å²) in [4.78, 5) is 20.4. The van der Waals surface area contributed by atoms with E-state index in [9.17, 15) is 23.1 Å². The highest BCUT2D eigenvalue weighted by Gasteiger charge is 2.25. The van der Waals surface area contributed by atoms with Crippen molar-refractivity contribution in [1.82, 2.24) is 14.5 Å². The molecule has 1 N–H and O–H groups in total. The van der Waals surface area contributed by atoms with Crippen LogP contribution in [0.3, 0.4) is 0 Å². The largest absolute Gasteiger partial charge is 0.378 e. The minimum atomic E-state index is -3.09. The Morgan fingerprint density at radius 3 is 2.71 bits per heavy atom. The number of hydrogen-bond donors (Lipinski definition) is 1. The minimum absolute atomic E-state index is 0.249. The first-order valence-electron chi connectivity index (χ1n) is 10.4. The van der Waals surface area contributed by atoms with Crippen molar-refractivity contribution in [3.8, 4) is 11.8 Å². The van der Waals surface area contributed by atoms with Crippen molar-refractivity contribution >= 4 is 22.4 Å². The van der Waals surface area contributed by atoms with Crippen molar-refractivity contribution in [3.63, 3.8) is 0 Å². The highest BCUT2D eigenvalue weighted by atomic mass is 19.3. The summed E-state index contributed by atoms with van der Waals surface area (Å²) in [6.45, 7) is -1.59. The third kappa shape index (κ3) is 4.67. The van der Waals surface area contributed by atoms with Crippen LogP contribution in [0.25, 0.3) is 10.9 Å². The van der Waals surface area contributed by atoms with Crippen LogP contribution < -0.4 is 10.6 Å². The number of rotatable bonds is 4. The number of pyridine rings is 1. The first-order chi connectivity index (χ1) is 15.7. The summed E-state index contributed by atoms with van der Waals surface area (Å²) >= 11 is 0. The zero-order valence-electron chi connectivity index (χ0n) is 19.3. The summed E-state index contributed by atoms with van der Waals surface area (Å²) in [5.41, 5.74) is -4.37. The molecule has 162 valence electrons.